The van der Waals surface area contributed by atoms with Crippen molar-refractivity contribution in [2.45, 2.75) is 32.0 Å². The van der Waals surface area contributed by atoms with Gasteiger partial charge in [0.2, 0.25) is 5.91 Å². The van der Waals surface area contributed by atoms with Crippen molar-refractivity contribution in [3.8, 4) is 11.5 Å². The van der Waals surface area contributed by atoms with Crippen molar-refractivity contribution in [1.29, 1.82) is 0 Å². The van der Waals surface area contributed by atoms with Gasteiger partial charge in [0.15, 0.2) is 5.76 Å². The van der Waals surface area contributed by atoms with Crippen LogP contribution >= 0.6 is 0 Å². The zero-order valence-corrected chi connectivity index (χ0v) is 12.6. The second-order valence-corrected chi connectivity index (χ2v) is 5.57. The average molecular weight is 303 g/mol. The number of likely N-dealkylation sites (N-methyl/N-ethyl adjacent to an activating group) is 1. The van der Waals surface area contributed by atoms with Crippen LogP contribution in [-0.4, -0.2) is 46.2 Å². The third-order valence-electron chi connectivity index (χ3n) is 3.88. The van der Waals surface area contributed by atoms with Crippen molar-refractivity contribution in [3.63, 3.8) is 0 Å². The number of nitrogens with two attached hydrogens (primary N) is 1. The van der Waals surface area contributed by atoms with Gasteiger partial charge in [0, 0.05) is 25.3 Å². The molecule has 0 bridgehead atoms. The molecule has 1 fully saturated rings. The van der Waals surface area contributed by atoms with Crippen molar-refractivity contribution >= 4 is 5.91 Å². The molecule has 2 atom stereocenters. The monoisotopic (exact) mass is 303 g/mol. The van der Waals surface area contributed by atoms with Crippen LogP contribution in [0.25, 0.3) is 11.5 Å². The molecule has 0 radical (unpaired) electrons. The summed E-state index contributed by atoms with van der Waals surface area (Å²) in [6.45, 7) is 3.81. The molecule has 3 rings (SSSR count). The van der Waals surface area contributed by atoms with Gasteiger partial charge in [-0.2, -0.15) is 5.10 Å². The van der Waals surface area contributed by atoms with E-state index in [1.165, 1.54) is 0 Å². The summed E-state index contributed by atoms with van der Waals surface area (Å²) in [5, 5.41) is 9.65. The summed E-state index contributed by atoms with van der Waals surface area (Å²) in [6.07, 6.45) is 2.36. The Morgan fingerprint density at radius 2 is 2.41 bits per heavy atom. The molecule has 7 heteroatoms. The van der Waals surface area contributed by atoms with E-state index in [2.05, 4.69) is 20.4 Å². The number of nitrogens with one attached hydrogen (secondary N) is 2. The largest absolute Gasteiger partial charge is 0.458 e. The van der Waals surface area contributed by atoms with Gasteiger partial charge in [-0.1, -0.05) is 0 Å². The highest BCUT2D eigenvalue weighted by Gasteiger charge is 2.35. The van der Waals surface area contributed by atoms with Gasteiger partial charge in [-0.25, -0.2) is 0 Å². The normalized spacial score (nSPS) is 22.1. The summed E-state index contributed by atoms with van der Waals surface area (Å²) < 4.78 is 5.83. The Kier molecular flexibility index (Phi) is 4.26. The molecule has 1 saturated heterocycles. The number of furan rings is 1. The summed E-state index contributed by atoms with van der Waals surface area (Å²) >= 11 is 0. The highest BCUT2D eigenvalue weighted by atomic mass is 16.3. The zero-order valence-electron chi connectivity index (χ0n) is 12.6. The second kappa shape index (κ2) is 6.33. The zero-order chi connectivity index (χ0) is 15.5. The number of amides is 1. The lowest BCUT2D eigenvalue weighted by molar-refractivity contribution is -0.125. The first-order chi connectivity index (χ1) is 10.7. The molecule has 22 heavy (non-hydrogen) atoms. The summed E-state index contributed by atoms with van der Waals surface area (Å²) in [5.74, 6) is 1.59. The first-order valence-corrected chi connectivity index (χ1v) is 7.53. The van der Waals surface area contributed by atoms with Crippen LogP contribution in [0.5, 0.6) is 0 Å². The predicted octanol–water partition coefficient (Wildman–Crippen LogP) is 0.707. The number of hydrogen-bond acceptors (Lipinski definition) is 5. The molecule has 1 aliphatic heterocycles. The van der Waals surface area contributed by atoms with Crippen LogP contribution in [0.1, 0.15) is 19.1 Å². The quantitative estimate of drug-likeness (QED) is 0.755. The molecule has 2 aromatic rings. The van der Waals surface area contributed by atoms with E-state index in [0.717, 1.165) is 17.2 Å². The van der Waals surface area contributed by atoms with Crippen LogP contribution in [0.2, 0.25) is 0 Å². The van der Waals surface area contributed by atoms with E-state index in [-0.39, 0.29) is 18.0 Å². The Balaban J connectivity index is 1.70. The van der Waals surface area contributed by atoms with E-state index in [4.69, 9.17) is 10.2 Å². The first kappa shape index (κ1) is 14.8. The van der Waals surface area contributed by atoms with E-state index < -0.39 is 0 Å². The molecule has 0 aliphatic carbocycles. The van der Waals surface area contributed by atoms with Crippen LogP contribution in [-0.2, 0) is 11.3 Å². The fourth-order valence-electron chi connectivity index (χ4n) is 2.88. The number of rotatable bonds is 5. The Morgan fingerprint density at radius 1 is 1.55 bits per heavy atom. The van der Waals surface area contributed by atoms with Crippen LogP contribution < -0.4 is 11.1 Å². The lowest BCUT2D eigenvalue weighted by Gasteiger charge is -2.22. The molecule has 7 nitrogen and oxygen atoms in total. The summed E-state index contributed by atoms with van der Waals surface area (Å²) in [5.41, 5.74) is 6.86. The molecule has 3 heterocycles. The van der Waals surface area contributed by atoms with Gasteiger partial charge in [-0.05, 0) is 31.5 Å². The Bertz CT molecular complexity index is 622. The Morgan fingerprint density at radius 3 is 3.14 bits per heavy atom. The molecule has 0 unspecified atom stereocenters. The fourth-order valence-corrected chi connectivity index (χ4v) is 2.88. The molecule has 1 aliphatic rings. The SMILES string of the molecule is CCNC(=O)[C@@H]1C[C@@H](N)CN1Cc1ccc(-c2ccn[nH]2)o1. The summed E-state index contributed by atoms with van der Waals surface area (Å²) in [4.78, 5) is 14.2. The van der Waals surface area contributed by atoms with Gasteiger partial charge in [0.1, 0.15) is 11.5 Å². The van der Waals surface area contributed by atoms with Crippen molar-refractivity contribution in [2.75, 3.05) is 13.1 Å². The van der Waals surface area contributed by atoms with E-state index in [1.807, 2.05) is 25.1 Å². The minimum absolute atomic E-state index is 0.0228. The highest BCUT2D eigenvalue weighted by molar-refractivity contribution is 5.82. The molecule has 118 valence electrons. The van der Waals surface area contributed by atoms with Crippen LogP contribution in [0.3, 0.4) is 0 Å². The minimum atomic E-state index is -0.185. The minimum Gasteiger partial charge on any atom is -0.458 e. The van der Waals surface area contributed by atoms with E-state index in [0.29, 0.717) is 26.1 Å². The Hall–Kier alpha value is -2.12. The van der Waals surface area contributed by atoms with Gasteiger partial charge in [0.25, 0.3) is 0 Å². The van der Waals surface area contributed by atoms with Gasteiger partial charge in [-0.3, -0.25) is 14.8 Å². The van der Waals surface area contributed by atoms with Crippen molar-refractivity contribution in [1.82, 2.24) is 20.4 Å². The first-order valence-electron chi connectivity index (χ1n) is 7.53. The molecule has 0 saturated carbocycles. The number of H-pyrrole nitrogens is 1. The highest BCUT2D eigenvalue weighted by Crippen LogP contribution is 2.24. The number of aromatic amines is 1. The van der Waals surface area contributed by atoms with Crippen molar-refractivity contribution in [2.24, 2.45) is 5.73 Å². The smallest absolute Gasteiger partial charge is 0.237 e. The van der Waals surface area contributed by atoms with Crippen LogP contribution in [0.4, 0.5) is 0 Å². The number of nitrogens with zero attached hydrogens (tertiary/aromatic N) is 2. The number of hydrogen-bond donors (Lipinski definition) is 3. The summed E-state index contributed by atoms with van der Waals surface area (Å²) in [7, 11) is 0. The lowest BCUT2D eigenvalue weighted by Crippen LogP contribution is -2.42. The lowest BCUT2D eigenvalue weighted by atomic mass is 10.1. The Labute approximate surface area is 128 Å². The molecular weight excluding hydrogens is 282 g/mol. The number of aromatic nitrogens is 2. The van der Waals surface area contributed by atoms with Crippen molar-refractivity contribution < 1.29 is 9.21 Å². The molecule has 1 amide bonds. The second-order valence-electron chi connectivity index (χ2n) is 5.57. The third-order valence-corrected chi connectivity index (χ3v) is 3.88. The number of carbonyl (C=O) groups is 1. The topological polar surface area (TPSA) is 100 Å². The number of carbonyl (C=O) groups excluding carboxylic acids is 1. The van der Waals surface area contributed by atoms with Gasteiger partial charge in [-0.15, -0.1) is 0 Å². The summed E-state index contributed by atoms with van der Waals surface area (Å²) in [6, 6.07) is 5.52. The molecule has 0 aromatic carbocycles. The number of likely N-dealkylation sites (tertiary alicyclic amines) is 1. The van der Waals surface area contributed by atoms with Gasteiger partial charge in [0.05, 0.1) is 12.6 Å². The molecule has 4 N–H and O–H groups in total. The van der Waals surface area contributed by atoms with Crippen molar-refractivity contribution in [3.05, 3.63) is 30.2 Å². The fraction of sp³-hybridized carbons (Fsp3) is 0.467. The predicted molar refractivity (Wildman–Crippen MR) is 81.8 cm³/mol. The maximum atomic E-state index is 12.1. The maximum absolute atomic E-state index is 12.1. The average Bonchev–Trinajstić information content (AvgIpc) is 3.19. The van der Waals surface area contributed by atoms with Gasteiger partial charge < -0.3 is 15.5 Å². The molecule has 0 spiro atoms. The van der Waals surface area contributed by atoms with E-state index >= 15 is 0 Å². The van der Waals surface area contributed by atoms with E-state index in [9.17, 15) is 4.79 Å². The van der Waals surface area contributed by atoms with Crippen LogP contribution in [0.15, 0.2) is 28.8 Å². The molecular formula is C15H21N5O2. The van der Waals surface area contributed by atoms with E-state index in [1.54, 1.807) is 6.20 Å². The molecule has 2 aromatic heterocycles. The third kappa shape index (κ3) is 3.05. The van der Waals surface area contributed by atoms with Gasteiger partial charge >= 0.3 is 0 Å². The maximum Gasteiger partial charge on any atom is 0.237 e. The standard InChI is InChI=1S/C15H21N5O2/c1-2-17-15(21)13-7-10(16)8-20(13)9-11-3-4-14(22-11)12-5-6-18-19-12/h3-6,10,13H,2,7-9,16H2,1H3,(H,17,21)(H,18,19)/t10-,13+/m1/s1. The van der Waals surface area contributed by atoms with Crippen LogP contribution in [0, 0.1) is 0 Å².